The Hall–Kier alpha value is -1.39. The van der Waals surface area contributed by atoms with Gasteiger partial charge >= 0.3 is 0 Å². The molecule has 0 bridgehead atoms. The molecule has 0 radical (unpaired) electrons. The van der Waals surface area contributed by atoms with E-state index in [1.54, 1.807) is 6.07 Å². The molecule has 110 valence electrons. The van der Waals surface area contributed by atoms with Gasteiger partial charge in [-0.3, -0.25) is 0 Å². The summed E-state index contributed by atoms with van der Waals surface area (Å²) >= 11 is 3.43. The molecule has 0 amide bonds. The van der Waals surface area contributed by atoms with Crippen LogP contribution in [0.15, 0.2) is 40.9 Å². The molecular formula is C17H17BrFNO. The molecule has 1 aliphatic rings. The van der Waals surface area contributed by atoms with Crippen molar-refractivity contribution in [2.75, 3.05) is 6.61 Å². The fourth-order valence-electron chi connectivity index (χ4n) is 2.67. The molecule has 0 spiro atoms. The molecule has 1 aliphatic heterocycles. The summed E-state index contributed by atoms with van der Waals surface area (Å²) in [4.78, 5) is 0. The Labute approximate surface area is 132 Å². The third-order valence-corrected chi connectivity index (χ3v) is 4.58. The van der Waals surface area contributed by atoms with Crippen molar-refractivity contribution in [3.8, 4) is 5.75 Å². The Morgan fingerprint density at radius 3 is 2.95 bits per heavy atom. The summed E-state index contributed by atoms with van der Waals surface area (Å²) in [6.45, 7) is 0.772. The highest BCUT2D eigenvalue weighted by Crippen LogP contribution is 2.29. The molecule has 0 fully saturated rings. The van der Waals surface area contributed by atoms with Crippen molar-refractivity contribution in [1.29, 1.82) is 0 Å². The number of fused-ring (bicyclic) bond motifs is 1. The van der Waals surface area contributed by atoms with Gasteiger partial charge in [0.2, 0.25) is 0 Å². The number of hydrogen-bond donors (Lipinski definition) is 1. The molecule has 4 heteroatoms. The molecule has 0 saturated carbocycles. The molecule has 0 saturated heterocycles. The van der Waals surface area contributed by atoms with Crippen LogP contribution in [0.1, 0.15) is 29.2 Å². The molecule has 1 unspecified atom stereocenters. The van der Waals surface area contributed by atoms with E-state index in [9.17, 15) is 4.39 Å². The largest absolute Gasteiger partial charge is 0.493 e. The van der Waals surface area contributed by atoms with Gasteiger partial charge in [0.25, 0.3) is 0 Å². The minimum absolute atomic E-state index is 0.181. The number of ether oxygens (including phenoxy) is 1. The summed E-state index contributed by atoms with van der Waals surface area (Å²) in [7, 11) is 0. The van der Waals surface area contributed by atoms with E-state index >= 15 is 0 Å². The normalized spacial score (nSPS) is 14.6. The van der Waals surface area contributed by atoms with Gasteiger partial charge in [0.05, 0.1) is 6.61 Å². The first-order valence-electron chi connectivity index (χ1n) is 7.08. The third kappa shape index (κ3) is 3.27. The first-order chi connectivity index (χ1) is 10.1. The van der Waals surface area contributed by atoms with E-state index < -0.39 is 0 Å². The summed E-state index contributed by atoms with van der Waals surface area (Å²) in [5, 5.41) is 0. The van der Waals surface area contributed by atoms with Crippen molar-refractivity contribution < 1.29 is 9.13 Å². The Balaban J connectivity index is 1.68. The maximum absolute atomic E-state index is 13.3. The van der Waals surface area contributed by atoms with E-state index in [0.29, 0.717) is 0 Å². The Morgan fingerprint density at radius 2 is 2.10 bits per heavy atom. The first-order valence-corrected chi connectivity index (χ1v) is 7.88. The number of rotatable bonds is 4. The van der Waals surface area contributed by atoms with Crippen molar-refractivity contribution in [1.82, 2.24) is 0 Å². The van der Waals surface area contributed by atoms with Gasteiger partial charge in [-0.15, -0.1) is 0 Å². The lowest BCUT2D eigenvalue weighted by atomic mass is 9.98. The second-order valence-corrected chi connectivity index (χ2v) is 6.21. The highest BCUT2D eigenvalue weighted by Gasteiger charge is 2.14. The van der Waals surface area contributed by atoms with Crippen molar-refractivity contribution in [2.45, 2.75) is 25.3 Å². The van der Waals surface area contributed by atoms with Crippen LogP contribution in [0.5, 0.6) is 5.75 Å². The second-order valence-electron chi connectivity index (χ2n) is 5.35. The third-order valence-electron chi connectivity index (χ3n) is 3.86. The van der Waals surface area contributed by atoms with Gasteiger partial charge in [-0.25, -0.2) is 4.39 Å². The molecular weight excluding hydrogens is 333 g/mol. The highest BCUT2D eigenvalue weighted by molar-refractivity contribution is 9.10. The summed E-state index contributed by atoms with van der Waals surface area (Å²) in [6.07, 6.45) is 2.63. The number of benzene rings is 2. The van der Waals surface area contributed by atoms with Crippen LogP contribution in [-0.4, -0.2) is 6.61 Å². The van der Waals surface area contributed by atoms with Crippen LogP contribution < -0.4 is 10.5 Å². The van der Waals surface area contributed by atoms with Crippen molar-refractivity contribution >= 4 is 15.9 Å². The Morgan fingerprint density at radius 1 is 1.24 bits per heavy atom. The molecule has 0 aliphatic carbocycles. The highest BCUT2D eigenvalue weighted by atomic mass is 79.9. The SMILES string of the molecule is NC(CCc1ccc2c(c1)CCO2)c1cc(F)ccc1Br. The lowest BCUT2D eigenvalue weighted by Gasteiger charge is -2.14. The zero-order valence-corrected chi connectivity index (χ0v) is 13.2. The number of aryl methyl sites for hydroxylation is 1. The van der Waals surface area contributed by atoms with Gasteiger partial charge in [0.15, 0.2) is 0 Å². The van der Waals surface area contributed by atoms with E-state index in [4.69, 9.17) is 10.5 Å². The standard InChI is InChI=1S/C17H17BrFNO/c18-15-4-3-13(19)10-14(15)16(20)5-1-11-2-6-17-12(9-11)7-8-21-17/h2-4,6,9-10,16H,1,5,7-8,20H2. The van der Waals surface area contributed by atoms with Crippen LogP contribution in [0.2, 0.25) is 0 Å². The fraction of sp³-hybridized carbons (Fsp3) is 0.294. The van der Waals surface area contributed by atoms with Crippen molar-refractivity contribution in [2.24, 2.45) is 5.73 Å². The van der Waals surface area contributed by atoms with Crippen LogP contribution in [0, 0.1) is 5.82 Å². The van der Waals surface area contributed by atoms with E-state index in [2.05, 4.69) is 28.1 Å². The maximum Gasteiger partial charge on any atom is 0.123 e. The lowest BCUT2D eigenvalue weighted by molar-refractivity contribution is 0.357. The summed E-state index contributed by atoms with van der Waals surface area (Å²) in [6, 6.07) is 10.8. The van der Waals surface area contributed by atoms with Crippen LogP contribution in [-0.2, 0) is 12.8 Å². The fourth-order valence-corrected chi connectivity index (χ4v) is 3.21. The summed E-state index contributed by atoms with van der Waals surface area (Å²) in [5.41, 5.74) is 9.55. The van der Waals surface area contributed by atoms with Gasteiger partial charge in [0, 0.05) is 16.9 Å². The van der Waals surface area contributed by atoms with Gasteiger partial charge in [0.1, 0.15) is 11.6 Å². The van der Waals surface area contributed by atoms with Crippen LogP contribution in [0.4, 0.5) is 4.39 Å². The monoisotopic (exact) mass is 349 g/mol. The summed E-state index contributed by atoms with van der Waals surface area (Å²) < 4.78 is 19.7. The van der Waals surface area contributed by atoms with Crippen LogP contribution in [0.25, 0.3) is 0 Å². The molecule has 2 aromatic carbocycles. The topological polar surface area (TPSA) is 35.2 Å². The van der Waals surface area contributed by atoms with Crippen LogP contribution in [0.3, 0.4) is 0 Å². The van der Waals surface area contributed by atoms with E-state index in [1.165, 1.54) is 23.3 Å². The molecule has 21 heavy (non-hydrogen) atoms. The van der Waals surface area contributed by atoms with Gasteiger partial charge in [-0.05, 0) is 53.8 Å². The molecule has 2 N–H and O–H groups in total. The van der Waals surface area contributed by atoms with Gasteiger partial charge < -0.3 is 10.5 Å². The smallest absolute Gasteiger partial charge is 0.123 e. The van der Waals surface area contributed by atoms with Gasteiger partial charge in [-0.2, -0.15) is 0 Å². The van der Waals surface area contributed by atoms with Gasteiger partial charge in [-0.1, -0.05) is 28.1 Å². The molecule has 2 nitrogen and oxygen atoms in total. The zero-order valence-electron chi connectivity index (χ0n) is 11.6. The number of hydrogen-bond acceptors (Lipinski definition) is 2. The molecule has 1 atom stereocenters. The average molecular weight is 350 g/mol. The van der Waals surface area contributed by atoms with E-state index in [-0.39, 0.29) is 11.9 Å². The lowest BCUT2D eigenvalue weighted by Crippen LogP contribution is -2.12. The first kappa shape index (κ1) is 14.5. The number of halogens is 2. The minimum atomic E-state index is -0.252. The minimum Gasteiger partial charge on any atom is -0.493 e. The molecule has 0 aromatic heterocycles. The van der Waals surface area contributed by atoms with E-state index in [0.717, 1.165) is 41.7 Å². The average Bonchev–Trinajstić information content (AvgIpc) is 2.94. The molecule has 1 heterocycles. The number of nitrogens with two attached hydrogens (primary N) is 1. The Bertz CT molecular complexity index is 659. The zero-order chi connectivity index (χ0) is 14.8. The quantitative estimate of drug-likeness (QED) is 0.899. The maximum atomic E-state index is 13.3. The van der Waals surface area contributed by atoms with E-state index in [1.807, 2.05) is 6.07 Å². The predicted octanol–water partition coefficient (Wildman–Crippen LogP) is 4.16. The molecule has 2 aromatic rings. The van der Waals surface area contributed by atoms with Crippen molar-refractivity contribution in [3.05, 3.63) is 63.4 Å². The predicted molar refractivity (Wildman–Crippen MR) is 85.0 cm³/mol. The van der Waals surface area contributed by atoms with Crippen LogP contribution >= 0.6 is 15.9 Å². The Kier molecular flexibility index (Phi) is 4.27. The van der Waals surface area contributed by atoms with Crippen molar-refractivity contribution in [3.63, 3.8) is 0 Å². The summed E-state index contributed by atoms with van der Waals surface area (Å²) in [5.74, 6) is 0.745. The molecule has 3 rings (SSSR count). The second kappa shape index (κ2) is 6.16.